The summed E-state index contributed by atoms with van der Waals surface area (Å²) < 4.78 is 5.03. The van der Waals surface area contributed by atoms with Gasteiger partial charge in [0.15, 0.2) is 6.61 Å². The van der Waals surface area contributed by atoms with Crippen LogP contribution in [0.25, 0.3) is 0 Å². The summed E-state index contributed by atoms with van der Waals surface area (Å²) in [6, 6.07) is 3.20. The van der Waals surface area contributed by atoms with Crippen LogP contribution in [-0.4, -0.2) is 29.5 Å². The van der Waals surface area contributed by atoms with Crippen molar-refractivity contribution in [3.8, 4) is 0 Å². The summed E-state index contributed by atoms with van der Waals surface area (Å²) in [5.74, 6) is -0.123. The first-order valence-electron chi connectivity index (χ1n) is 8.90. The van der Waals surface area contributed by atoms with Gasteiger partial charge in [0.05, 0.1) is 5.56 Å². The van der Waals surface area contributed by atoms with Crippen LogP contribution in [0.3, 0.4) is 0 Å². The number of halogens is 1. The van der Waals surface area contributed by atoms with E-state index in [-0.39, 0.29) is 24.1 Å². The van der Waals surface area contributed by atoms with Crippen molar-refractivity contribution in [1.82, 2.24) is 10.3 Å². The molecule has 138 valence electrons. The van der Waals surface area contributed by atoms with E-state index in [4.69, 9.17) is 16.3 Å². The van der Waals surface area contributed by atoms with Crippen molar-refractivity contribution in [3.63, 3.8) is 0 Å². The number of aromatic nitrogens is 1. The van der Waals surface area contributed by atoms with Crippen LogP contribution in [0, 0.1) is 11.3 Å². The van der Waals surface area contributed by atoms with Crippen molar-refractivity contribution in [2.75, 3.05) is 6.61 Å². The molecule has 0 atom stereocenters. The Morgan fingerprint density at radius 3 is 2.52 bits per heavy atom. The second-order valence-electron chi connectivity index (χ2n) is 7.40. The minimum absolute atomic E-state index is 0.173. The molecule has 2 rings (SSSR count). The lowest BCUT2D eigenvalue weighted by Gasteiger charge is -2.39. The van der Waals surface area contributed by atoms with Crippen molar-refractivity contribution in [2.45, 2.75) is 58.9 Å². The third-order valence-electron chi connectivity index (χ3n) is 5.41. The third-order valence-corrected chi connectivity index (χ3v) is 5.63. The number of rotatable bonds is 6. The van der Waals surface area contributed by atoms with Gasteiger partial charge in [0, 0.05) is 12.2 Å². The van der Waals surface area contributed by atoms with E-state index >= 15 is 0 Å². The van der Waals surface area contributed by atoms with Gasteiger partial charge in [0.1, 0.15) is 5.15 Å². The molecule has 0 radical (unpaired) electrons. The summed E-state index contributed by atoms with van der Waals surface area (Å²) in [5.41, 5.74) is 0.636. The molecule has 0 bridgehead atoms. The normalized spacial score (nSPS) is 20.8. The van der Waals surface area contributed by atoms with Crippen LogP contribution >= 0.6 is 11.6 Å². The molecule has 1 aromatic heterocycles. The maximum atomic E-state index is 12.0. The van der Waals surface area contributed by atoms with Gasteiger partial charge in [-0.1, -0.05) is 38.8 Å². The number of nitrogens with zero attached hydrogens (tertiary/aromatic N) is 1. The Hall–Kier alpha value is -1.62. The molecule has 0 unspecified atom stereocenters. The predicted octanol–water partition coefficient (Wildman–Crippen LogP) is 4.00. The van der Waals surface area contributed by atoms with E-state index < -0.39 is 5.97 Å². The van der Waals surface area contributed by atoms with Crippen LogP contribution in [0.4, 0.5) is 0 Å². The number of ether oxygens (including phenoxy) is 1. The minimum Gasteiger partial charge on any atom is -0.452 e. The van der Waals surface area contributed by atoms with Gasteiger partial charge in [-0.3, -0.25) is 4.79 Å². The number of carbonyl (C=O) groups is 2. The molecular formula is C19H27ClN2O3. The monoisotopic (exact) mass is 366 g/mol. The number of pyridine rings is 1. The van der Waals surface area contributed by atoms with Crippen LogP contribution in [0.15, 0.2) is 18.3 Å². The van der Waals surface area contributed by atoms with Crippen LogP contribution < -0.4 is 5.32 Å². The van der Waals surface area contributed by atoms with Crippen molar-refractivity contribution in [3.05, 3.63) is 29.0 Å². The highest BCUT2D eigenvalue weighted by molar-refractivity contribution is 6.29. The summed E-state index contributed by atoms with van der Waals surface area (Å²) in [6.45, 7) is 6.60. The number of nitrogens with one attached hydrogen (secondary N) is 1. The van der Waals surface area contributed by atoms with Gasteiger partial charge in [-0.05, 0) is 49.1 Å². The summed E-state index contributed by atoms with van der Waals surface area (Å²) in [4.78, 5) is 27.7. The molecule has 0 saturated heterocycles. The Morgan fingerprint density at radius 1 is 1.28 bits per heavy atom. The lowest BCUT2D eigenvalue weighted by atomic mass is 9.69. The Balaban J connectivity index is 1.72. The zero-order valence-corrected chi connectivity index (χ0v) is 15.9. The average molecular weight is 367 g/mol. The Labute approximate surface area is 154 Å². The molecule has 0 spiro atoms. The van der Waals surface area contributed by atoms with Crippen molar-refractivity contribution in [1.29, 1.82) is 0 Å². The second kappa shape index (κ2) is 8.65. The molecule has 5 nitrogen and oxygen atoms in total. The molecule has 1 aromatic rings. The second-order valence-corrected chi connectivity index (χ2v) is 7.79. The van der Waals surface area contributed by atoms with Gasteiger partial charge in [-0.2, -0.15) is 0 Å². The first-order valence-corrected chi connectivity index (χ1v) is 9.27. The molecular weight excluding hydrogens is 340 g/mol. The van der Waals surface area contributed by atoms with Crippen LogP contribution in [-0.2, 0) is 9.53 Å². The maximum absolute atomic E-state index is 12.0. The zero-order chi connectivity index (χ0) is 18.4. The fourth-order valence-electron chi connectivity index (χ4n) is 3.29. The highest BCUT2D eigenvalue weighted by atomic mass is 35.5. The van der Waals surface area contributed by atoms with E-state index in [2.05, 4.69) is 31.1 Å². The fourth-order valence-corrected chi connectivity index (χ4v) is 3.40. The molecule has 25 heavy (non-hydrogen) atoms. The number of esters is 1. The van der Waals surface area contributed by atoms with Gasteiger partial charge in [0.25, 0.3) is 5.91 Å². The summed E-state index contributed by atoms with van der Waals surface area (Å²) in [7, 11) is 0. The zero-order valence-electron chi connectivity index (χ0n) is 15.2. The van der Waals surface area contributed by atoms with Gasteiger partial charge in [0.2, 0.25) is 0 Å². The van der Waals surface area contributed by atoms with E-state index in [1.165, 1.54) is 24.8 Å². The van der Waals surface area contributed by atoms with Gasteiger partial charge in [-0.15, -0.1) is 0 Å². The highest BCUT2D eigenvalue weighted by Gasteiger charge is 2.32. The SMILES string of the molecule is CCC(C)(C)C1CCC(NC(=O)COC(=O)c2ccc(Cl)nc2)CC1. The van der Waals surface area contributed by atoms with Crippen molar-refractivity contribution < 1.29 is 14.3 Å². The fraction of sp³-hybridized carbons (Fsp3) is 0.632. The molecule has 1 heterocycles. The minimum atomic E-state index is -0.576. The first-order chi connectivity index (χ1) is 11.8. The molecule has 1 N–H and O–H groups in total. The predicted molar refractivity (Wildman–Crippen MR) is 97.5 cm³/mol. The molecule has 1 aliphatic rings. The molecule has 1 fully saturated rings. The van der Waals surface area contributed by atoms with Gasteiger partial charge < -0.3 is 10.1 Å². The summed E-state index contributed by atoms with van der Waals surface area (Å²) in [6.07, 6.45) is 6.72. The molecule has 1 aliphatic carbocycles. The van der Waals surface area contributed by atoms with Crippen molar-refractivity contribution in [2.24, 2.45) is 11.3 Å². The summed E-state index contributed by atoms with van der Waals surface area (Å²) >= 11 is 5.67. The van der Waals surface area contributed by atoms with E-state index in [1.807, 2.05) is 0 Å². The topological polar surface area (TPSA) is 68.3 Å². The molecule has 0 aliphatic heterocycles. The summed E-state index contributed by atoms with van der Waals surface area (Å²) in [5, 5.41) is 3.27. The number of hydrogen-bond acceptors (Lipinski definition) is 4. The quantitative estimate of drug-likeness (QED) is 0.610. The van der Waals surface area contributed by atoms with E-state index in [9.17, 15) is 9.59 Å². The largest absolute Gasteiger partial charge is 0.452 e. The van der Waals surface area contributed by atoms with E-state index in [1.54, 1.807) is 0 Å². The van der Waals surface area contributed by atoms with Gasteiger partial charge in [-0.25, -0.2) is 9.78 Å². The van der Waals surface area contributed by atoms with Gasteiger partial charge >= 0.3 is 5.97 Å². The first kappa shape index (κ1) is 19.7. The Bertz CT molecular complexity index is 593. The maximum Gasteiger partial charge on any atom is 0.340 e. The Kier molecular flexibility index (Phi) is 6.82. The van der Waals surface area contributed by atoms with E-state index in [0.29, 0.717) is 16.5 Å². The van der Waals surface area contributed by atoms with Crippen LogP contribution in [0.2, 0.25) is 5.15 Å². The average Bonchev–Trinajstić information content (AvgIpc) is 2.61. The third kappa shape index (κ3) is 5.70. The molecule has 1 saturated carbocycles. The lowest BCUT2D eigenvalue weighted by Crippen LogP contribution is -2.41. The Morgan fingerprint density at radius 2 is 1.96 bits per heavy atom. The number of carbonyl (C=O) groups excluding carboxylic acids is 2. The highest BCUT2D eigenvalue weighted by Crippen LogP contribution is 2.40. The van der Waals surface area contributed by atoms with Crippen LogP contribution in [0.5, 0.6) is 0 Å². The lowest BCUT2D eigenvalue weighted by molar-refractivity contribution is -0.125. The van der Waals surface area contributed by atoms with Crippen molar-refractivity contribution >= 4 is 23.5 Å². The van der Waals surface area contributed by atoms with Crippen LogP contribution in [0.1, 0.15) is 63.2 Å². The molecule has 6 heteroatoms. The molecule has 1 amide bonds. The smallest absolute Gasteiger partial charge is 0.340 e. The van der Waals surface area contributed by atoms with E-state index in [0.717, 1.165) is 25.7 Å². The standard InChI is InChI=1S/C19H27ClN2O3/c1-4-19(2,3)14-6-8-15(9-7-14)22-17(23)12-25-18(24)13-5-10-16(20)21-11-13/h5,10-11,14-15H,4,6-9,12H2,1-3H3,(H,22,23). The number of amides is 1. The molecule has 0 aromatic carbocycles. The number of hydrogen-bond donors (Lipinski definition) is 1.